The Bertz CT molecular complexity index is 1140. The number of urea groups is 1. The number of amides is 3. The first kappa shape index (κ1) is 23.8. The van der Waals surface area contributed by atoms with Gasteiger partial charge in [-0.3, -0.25) is 9.10 Å². The van der Waals surface area contributed by atoms with Crippen LogP contribution in [0.5, 0.6) is 0 Å². The van der Waals surface area contributed by atoms with Gasteiger partial charge in [-0.05, 0) is 67.3 Å². The summed E-state index contributed by atoms with van der Waals surface area (Å²) in [6.45, 7) is 2.07. The van der Waals surface area contributed by atoms with Gasteiger partial charge in [-0.2, -0.15) is 0 Å². The van der Waals surface area contributed by atoms with Crippen molar-refractivity contribution in [2.75, 3.05) is 40.3 Å². The topological polar surface area (TPSA) is 98.8 Å². The van der Waals surface area contributed by atoms with Crippen molar-refractivity contribution < 1.29 is 18.0 Å². The molecule has 2 fully saturated rings. The van der Waals surface area contributed by atoms with Crippen LogP contribution in [-0.4, -0.2) is 50.6 Å². The summed E-state index contributed by atoms with van der Waals surface area (Å²) in [7, 11) is -3.20. The van der Waals surface area contributed by atoms with E-state index in [0.717, 1.165) is 31.5 Å². The van der Waals surface area contributed by atoms with Crippen LogP contribution in [0.1, 0.15) is 37.7 Å². The first-order valence-corrected chi connectivity index (χ1v) is 13.3. The summed E-state index contributed by atoms with van der Waals surface area (Å²) in [6.07, 6.45) is 8.15. The third-order valence-electron chi connectivity index (χ3n) is 6.00. The van der Waals surface area contributed by atoms with Crippen molar-refractivity contribution in [2.24, 2.45) is 0 Å². The molecule has 9 heteroatoms. The maximum atomic E-state index is 12.4. The standard InChI is InChI=1S/C25H30N4O4S/c30-24(15-8-20-6-13-23(14-7-20)29-18-5-19-34(29,32)33)26-21-9-11-22(12-10-21)27-25(31)28-16-3-1-2-4-17-28/h6-15H,1-5,16-19H2,(H,26,30)(H,27,31)/b15-8+. The maximum Gasteiger partial charge on any atom is 0.321 e. The highest BCUT2D eigenvalue weighted by atomic mass is 32.2. The Morgan fingerprint density at radius 2 is 1.38 bits per heavy atom. The number of carbonyl (C=O) groups is 2. The van der Waals surface area contributed by atoms with Gasteiger partial charge in [-0.1, -0.05) is 25.0 Å². The zero-order valence-corrected chi connectivity index (χ0v) is 19.9. The van der Waals surface area contributed by atoms with Gasteiger partial charge in [0.25, 0.3) is 0 Å². The Morgan fingerprint density at radius 1 is 0.765 bits per heavy atom. The molecule has 34 heavy (non-hydrogen) atoms. The number of benzene rings is 2. The fraction of sp³-hybridized carbons (Fsp3) is 0.360. The van der Waals surface area contributed by atoms with Crippen LogP contribution in [0.25, 0.3) is 6.08 Å². The Hall–Kier alpha value is -3.33. The third-order valence-corrected chi connectivity index (χ3v) is 7.87. The second-order valence-electron chi connectivity index (χ2n) is 8.56. The molecular weight excluding hydrogens is 452 g/mol. The van der Waals surface area contributed by atoms with Crippen molar-refractivity contribution in [3.63, 3.8) is 0 Å². The zero-order valence-electron chi connectivity index (χ0n) is 19.1. The molecule has 2 aromatic rings. The van der Waals surface area contributed by atoms with Gasteiger partial charge in [0.1, 0.15) is 0 Å². The second kappa shape index (κ2) is 10.7. The molecule has 0 atom stereocenters. The first-order chi connectivity index (χ1) is 16.4. The summed E-state index contributed by atoms with van der Waals surface area (Å²) < 4.78 is 25.5. The van der Waals surface area contributed by atoms with Crippen LogP contribution < -0.4 is 14.9 Å². The van der Waals surface area contributed by atoms with Crippen molar-refractivity contribution in [1.29, 1.82) is 0 Å². The number of hydrogen-bond donors (Lipinski definition) is 2. The molecule has 2 N–H and O–H groups in total. The molecule has 2 heterocycles. The maximum absolute atomic E-state index is 12.4. The molecule has 2 aromatic carbocycles. The van der Waals surface area contributed by atoms with Gasteiger partial charge in [-0.25, -0.2) is 13.2 Å². The first-order valence-electron chi connectivity index (χ1n) is 11.7. The molecule has 0 aliphatic carbocycles. The fourth-order valence-corrected chi connectivity index (χ4v) is 5.71. The summed E-state index contributed by atoms with van der Waals surface area (Å²) in [6, 6.07) is 14.0. The van der Waals surface area contributed by atoms with Gasteiger partial charge in [0.15, 0.2) is 0 Å². The van der Waals surface area contributed by atoms with Crippen LogP contribution in [-0.2, 0) is 14.8 Å². The highest BCUT2D eigenvalue weighted by Gasteiger charge is 2.28. The van der Waals surface area contributed by atoms with E-state index >= 15 is 0 Å². The summed E-state index contributed by atoms with van der Waals surface area (Å²) >= 11 is 0. The minimum absolute atomic E-state index is 0.0880. The largest absolute Gasteiger partial charge is 0.325 e. The molecular formula is C25H30N4O4S. The van der Waals surface area contributed by atoms with Crippen LogP contribution in [0.4, 0.5) is 21.9 Å². The number of nitrogens with zero attached hydrogens (tertiary/aromatic N) is 2. The van der Waals surface area contributed by atoms with Crippen LogP contribution in [0, 0.1) is 0 Å². The summed E-state index contributed by atoms with van der Waals surface area (Å²) in [5.74, 6) is -0.104. The Labute approximate surface area is 200 Å². The van der Waals surface area contributed by atoms with Crippen molar-refractivity contribution >= 4 is 45.1 Å². The van der Waals surface area contributed by atoms with E-state index < -0.39 is 10.0 Å². The molecule has 180 valence electrons. The average molecular weight is 483 g/mol. The molecule has 4 rings (SSSR count). The molecule has 0 bridgehead atoms. The molecule has 0 saturated carbocycles. The molecule has 0 spiro atoms. The van der Waals surface area contributed by atoms with Gasteiger partial charge in [-0.15, -0.1) is 0 Å². The van der Waals surface area contributed by atoms with Crippen molar-refractivity contribution in [2.45, 2.75) is 32.1 Å². The lowest BCUT2D eigenvalue weighted by Gasteiger charge is -2.20. The van der Waals surface area contributed by atoms with E-state index in [-0.39, 0.29) is 17.7 Å². The molecule has 0 aromatic heterocycles. The monoisotopic (exact) mass is 482 g/mol. The number of carbonyl (C=O) groups excluding carboxylic acids is 2. The normalized spacial score (nSPS) is 18.0. The minimum atomic E-state index is -3.20. The second-order valence-corrected chi connectivity index (χ2v) is 10.6. The Morgan fingerprint density at radius 3 is 1.97 bits per heavy atom. The van der Waals surface area contributed by atoms with Gasteiger partial charge >= 0.3 is 6.03 Å². The Balaban J connectivity index is 1.28. The molecule has 0 unspecified atom stereocenters. The number of hydrogen-bond acceptors (Lipinski definition) is 4. The van der Waals surface area contributed by atoms with Gasteiger partial charge in [0, 0.05) is 37.1 Å². The summed E-state index contributed by atoms with van der Waals surface area (Å²) in [5.41, 5.74) is 2.74. The van der Waals surface area contributed by atoms with Crippen LogP contribution in [0.3, 0.4) is 0 Å². The molecule has 3 amide bonds. The van der Waals surface area contributed by atoms with Crippen LogP contribution in [0.15, 0.2) is 54.6 Å². The van der Waals surface area contributed by atoms with Crippen molar-refractivity contribution in [3.05, 3.63) is 60.2 Å². The van der Waals surface area contributed by atoms with E-state index in [1.165, 1.54) is 23.2 Å². The number of sulfonamides is 1. The number of likely N-dealkylation sites (tertiary alicyclic amines) is 1. The smallest absolute Gasteiger partial charge is 0.321 e. The van der Waals surface area contributed by atoms with E-state index in [1.54, 1.807) is 54.6 Å². The third kappa shape index (κ3) is 6.17. The van der Waals surface area contributed by atoms with E-state index in [0.29, 0.717) is 30.0 Å². The molecule has 0 radical (unpaired) electrons. The van der Waals surface area contributed by atoms with E-state index in [2.05, 4.69) is 10.6 Å². The minimum Gasteiger partial charge on any atom is -0.325 e. The zero-order chi connectivity index (χ0) is 24.0. The fourth-order valence-electron chi connectivity index (χ4n) is 4.15. The SMILES string of the molecule is O=C(/C=C/c1ccc(N2CCCS2(=O)=O)cc1)Nc1ccc(NC(=O)N2CCCCCC2)cc1. The quantitative estimate of drug-likeness (QED) is 0.621. The highest BCUT2D eigenvalue weighted by Crippen LogP contribution is 2.24. The number of rotatable bonds is 5. The average Bonchev–Trinajstić information content (AvgIpc) is 3.01. The van der Waals surface area contributed by atoms with Gasteiger partial charge in [0.05, 0.1) is 11.4 Å². The van der Waals surface area contributed by atoms with Gasteiger partial charge in [0.2, 0.25) is 15.9 Å². The van der Waals surface area contributed by atoms with E-state index in [1.807, 2.05) is 4.90 Å². The van der Waals surface area contributed by atoms with E-state index in [4.69, 9.17) is 0 Å². The van der Waals surface area contributed by atoms with Crippen LogP contribution >= 0.6 is 0 Å². The lowest BCUT2D eigenvalue weighted by Crippen LogP contribution is -2.35. The summed E-state index contributed by atoms with van der Waals surface area (Å²) in [5, 5.41) is 5.71. The highest BCUT2D eigenvalue weighted by molar-refractivity contribution is 7.93. The Kier molecular flexibility index (Phi) is 7.52. The molecule has 2 aliphatic heterocycles. The van der Waals surface area contributed by atoms with Gasteiger partial charge < -0.3 is 15.5 Å². The lowest BCUT2D eigenvalue weighted by molar-refractivity contribution is -0.111. The number of anilines is 3. The van der Waals surface area contributed by atoms with Crippen molar-refractivity contribution in [1.82, 2.24) is 4.90 Å². The lowest BCUT2D eigenvalue weighted by atomic mass is 10.2. The van der Waals surface area contributed by atoms with Crippen LogP contribution in [0.2, 0.25) is 0 Å². The molecule has 2 aliphatic rings. The van der Waals surface area contributed by atoms with Crippen molar-refractivity contribution in [3.8, 4) is 0 Å². The predicted molar refractivity (Wildman–Crippen MR) is 135 cm³/mol. The predicted octanol–water partition coefficient (Wildman–Crippen LogP) is 4.29. The molecule has 2 saturated heterocycles. The van der Waals surface area contributed by atoms with E-state index in [9.17, 15) is 18.0 Å². The summed E-state index contributed by atoms with van der Waals surface area (Å²) in [4.78, 5) is 26.6. The molecule has 8 nitrogen and oxygen atoms in total. The number of nitrogens with one attached hydrogen (secondary N) is 2.